The highest BCUT2D eigenvalue weighted by Crippen LogP contribution is 2.37. The number of hydrogen-bond acceptors (Lipinski definition) is 6. The van der Waals surface area contributed by atoms with Crippen LogP contribution in [-0.2, 0) is 4.79 Å². The van der Waals surface area contributed by atoms with Crippen LogP contribution in [0.3, 0.4) is 0 Å². The van der Waals surface area contributed by atoms with Crippen LogP contribution in [0, 0.1) is 0 Å². The largest absolute Gasteiger partial charge is 0.490 e. The van der Waals surface area contributed by atoms with Gasteiger partial charge < -0.3 is 14.4 Å². The fourth-order valence-corrected chi connectivity index (χ4v) is 3.73. The number of fused-ring (bicyclic) bond motifs is 1. The zero-order valence-electron chi connectivity index (χ0n) is 16.8. The molecule has 0 radical (unpaired) electrons. The number of para-hydroxylation sites is 1. The molecule has 0 aliphatic carbocycles. The molecule has 0 aliphatic heterocycles. The second kappa shape index (κ2) is 9.73. The standard InChI is InChI=1S/C22H21ClN2O4S/c1-4-28-18-12-14(11-15(23)21(18)29-13-20(27)25(2)3)9-10-17(26)22-24-16-7-5-6-8-19(16)30-22/h5-12H,4,13H2,1-3H3. The van der Waals surface area contributed by atoms with Crippen molar-refractivity contribution in [2.24, 2.45) is 0 Å². The maximum Gasteiger partial charge on any atom is 0.259 e. The molecule has 0 atom stereocenters. The van der Waals surface area contributed by atoms with E-state index < -0.39 is 0 Å². The van der Waals surface area contributed by atoms with Crippen molar-refractivity contribution in [1.82, 2.24) is 9.88 Å². The number of allylic oxidation sites excluding steroid dienone is 1. The quantitative estimate of drug-likeness (QED) is 0.371. The van der Waals surface area contributed by atoms with Gasteiger partial charge in [-0.3, -0.25) is 9.59 Å². The Morgan fingerprint density at radius 2 is 1.97 bits per heavy atom. The van der Waals surface area contributed by atoms with E-state index in [-0.39, 0.29) is 18.3 Å². The molecular formula is C22H21ClN2O4S. The Balaban J connectivity index is 1.81. The molecule has 0 unspecified atom stereocenters. The summed E-state index contributed by atoms with van der Waals surface area (Å²) < 4.78 is 12.2. The number of ketones is 1. The smallest absolute Gasteiger partial charge is 0.259 e. The van der Waals surface area contributed by atoms with Gasteiger partial charge in [-0.15, -0.1) is 11.3 Å². The molecular weight excluding hydrogens is 424 g/mol. The van der Waals surface area contributed by atoms with E-state index in [9.17, 15) is 9.59 Å². The molecule has 1 aromatic heterocycles. The second-order valence-electron chi connectivity index (χ2n) is 6.52. The van der Waals surface area contributed by atoms with Crippen molar-refractivity contribution in [2.75, 3.05) is 27.3 Å². The molecule has 0 bridgehead atoms. The highest BCUT2D eigenvalue weighted by Gasteiger charge is 2.15. The summed E-state index contributed by atoms with van der Waals surface area (Å²) >= 11 is 7.71. The van der Waals surface area contributed by atoms with Crippen molar-refractivity contribution in [3.8, 4) is 11.5 Å². The van der Waals surface area contributed by atoms with Crippen LogP contribution in [0.4, 0.5) is 0 Å². The number of ether oxygens (including phenoxy) is 2. The molecule has 0 spiro atoms. The maximum absolute atomic E-state index is 12.5. The Kier molecular flexibility index (Phi) is 7.07. The van der Waals surface area contributed by atoms with Crippen molar-refractivity contribution in [1.29, 1.82) is 0 Å². The van der Waals surface area contributed by atoms with Crippen molar-refractivity contribution in [2.45, 2.75) is 6.92 Å². The average molecular weight is 445 g/mol. The second-order valence-corrected chi connectivity index (χ2v) is 7.96. The number of amides is 1. The maximum atomic E-state index is 12.5. The first kappa shape index (κ1) is 21.8. The molecule has 3 rings (SSSR count). The summed E-state index contributed by atoms with van der Waals surface area (Å²) in [5, 5.41) is 0.713. The van der Waals surface area contributed by atoms with E-state index in [2.05, 4.69) is 4.98 Å². The molecule has 0 saturated carbocycles. The van der Waals surface area contributed by atoms with E-state index in [0.29, 0.717) is 33.7 Å². The van der Waals surface area contributed by atoms with E-state index in [1.807, 2.05) is 31.2 Å². The van der Waals surface area contributed by atoms with Gasteiger partial charge in [-0.05, 0) is 42.8 Å². The molecule has 2 aromatic carbocycles. The average Bonchev–Trinajstić information content (AvgIpc) is 3.15. The molecule has 0 aliphatic rings. The Bertz CT molecular complexity index is 1070. The molecule has 0 saturated heterocycles. The molecule has 1 heterocycles. The van der Waals surface area contributed by atoms with Gasteiger partial charge in [0.15, 0.2) is 23.1 Å². The lowest BCUT2D eigenvalue weighted by Gasteiger charge is -2.16. The Morgan fingerprint density at radius 1 is 1.20 bits per heavy atom. The Labute approximate surface area is 183 Å². The monoisotopic (exact) mass is 444 g/mol. The number of likely N-dealkylation sites (N-methyl/N-ethyl adjacent to an activating group) is 1. The predicted molar refractivity (Wildman–Crippen MR) is 120 cm³/mol. The van der Waals surface area contributed by atoms with Gasteiger partial charge in [0.2, 0.25) is 5.78 Å². The number of aromatic nitrogens is 1. The summed E-state index contributed by atoms with van der Waals surface area (Å²) in [6.45, 7) is 2.08. The zero-order valence-corrected chi connectivity index (χ0v) is 18.4. The van der Waals surface area contributed by atoms with E-state index in [4.69, 9.17) is 21.1 Å². The SMILES string of the molecule is CCOc1cc(C=CC(=O)c2nc3ccccc3s2)cc(Cl)c1OCC(=O)N(C)C. The minimum Gasteiger partial charge on any atom is -0.490 e. The van der Waals surface area contributed by atoms with Gasteiger partial charge in [0.1, 0.15) is 0 Å². The third-order valence-corrected chi connectivity index (χ3v) is 5.43. The number of hydrogen-bond donors (Lipinski definition) is 0. The van der Waals surface area contributed by atoms with Gasteiger partial charge in [-0.1, -0.05) is 29.8 Å². The minimum absolute atomic E-state index is 0.155. The lowest BCUT2D eigenvalue weighted by atomic mass is 10.1. The van der Waals surface area contributed by atoms with Crippen LogP contribution in [0.15, 0.2) is 42.5 Å². The zero-order chi connectivity index (χ0) is 21.7. The van der Waals surface area contributed by atoms with E-state index in [1.165, 1.54) is 22.3 Å². The molecule has 0 N–H and O–H groups in total. The van der Waals surface area contributed by atoms with Crippen molar-refractivity contribution in [3.63, 3.8) is 0 Å². The number of nitrogens with zero attached hydrogens (tertiary/aromatic N) is 2. The van der Waals surface area contributed by atoms with Gasteiger partial charge in [0.25, 0.3) is 5.91 Å². The number of carbonyl (C=O) groups excluding carboxylic acids is 2. The number of benzene rings is 2. The van der Waals surface area contributed by atoms with Crippen LogP contribution < -0.4 is 9.47 Å². The van der Waals surface area contributed by atoms with E-state index in [1.54, 1.807) is 32.3 Å². The first-order valence-electron chi connectivity index (χ1n) is 9.26. The van der Waals surface area contributed by atoms with Crippen LogP contribution in [0.25, 0.3) is 16.3 Å². The van der Waals surface area contributed by atoms with Crippen LogP contribution in [-0.4, -0.2) is 48.9 Å². The van der Waals surface area contributed by atoms with Crippen LogP contribution >= 0.6 is 22.9 Å². The van der Waals surface area contributed by atoms with E-state index in [0.717, 1.165) is 10.2 Å². The third kappa shape index (κ3) is 5.17. The number of halogens is 1. The van der Waals surface area contributed by atoms with Crippen LogP contribution in [0.2, 0.25) is 5.02 Å². The Hall–Kier alpha value is -2.90. The fraction of sp³-hybridized carbons (Fsp3) is 0.227. The highest BCUT2D eigenvalue weighted by molar-refractivity contribution is 7.20. The Morgan fingerprint density at radius 3 is 2.67 bits per heavy atom. The highest BCUT2D eigenvalue weighted by atomic mass is 35.5. The number of thiazole rings is 1. The van der Waals surface area contributed by atoms with Crippen molar-refractivity contribution in [3.05, 3.63) is 58.1 Å². The number of carbonyl (C=O) groups is 2. The molecule has 156 valence electrons. The van der Waals surface area contributed by atoms with Gasteiger partial charge >= 0.3 is 0 Å². The molecule has 6 nitrogen and oxygen atoms in total. The summed E-state index contributed by atoms with van der Waals surface area (Å²) in [7, 11) is 3.29. The van der Waals surface area contributed by atoms with Gasteiger partial charge in [-0.25, -0.2) is 4.98 Å². The van der Waals surface area contributed by atoms with Crippen LogP contribution in [0.1, 0.15) is 22.3 Å². The minimum atomic E-state index is -0.195. The van der Waals surface area contributed by atoms with E-state index >= 15 is 0 Å². The first-order chi connectivity index (χ1) is 14.4. The fourth-order valence-electron chi connectivity index (χ4n) is 2.57. The first-order valence-corrected chi connectivity index (χ1v) is 10.5. The third-order valence-electron chi connectivity index (χ3n) is 4.10. The summed E-state index contributed by atoms with van der Waals surface area (Å²) in [4.78, 5) is 30.1. The summed E-state index contributed by atoms with van der Waals surface area (Å²) in [5.41, 5.74) is 1.47. The summed E-state index contributed by atoms with van der Waals surface area (Å²) in [6, 6.07) is 11.0. The predicted octanol–water partition coefficient (Wildman–Crippen LogP) is 4.71. The lowest BCUT2D eigenvalue weighted by Crippen LogP contribution is -2.27. The van der Waals surface area contributed by atoms with Crippen molar-refractivity contribution >= 4 is 50.9 Å². The number of rotatable bonds is 8. The normalized spacial score (nSPS) is 11.1. The molecule has 8 heteroatoms. The summed E-state index contributed by atoms with van der Waals surface area (Å²) in [6.07, 6.45) is 3.10. The van der Waals surface area contributed by atoms with Gasteiger partial charge in [-0.2, -0.15) is 0 Å². The molecule has 3 aromatic rings. The van der Waals surface area contributed by atoms with Gasteiger partial charge in [0.05, 0.1) is 21.8 Å². The molecule has 30 heavy (non-hydrogen) atoms. The topological polar surface area (TPSA) is 68.7 Å². The lowest BCUT2D eigenvalue weighted by molar-refractivity contribution is -0.130. The van der Waals surface area contributed by atoms with Crippen molar-refractivity contribution < 1.29 is 19.1 Å². The van der Waals surface area contributed by atoms with Crippen LogP contribution in [0.5, 0.6) is 11.5 Å². The van der Waals surface area contributed by atoms with Gasteiger partial charge in [0, 0.05) is 14.1 Å². The molecule has 1 amide bonds. The molecule has 0 fully saturated rings. The summed E-state index contributed by atoms with van der Waals surface area (Å²) in [5.74, 6) is 0.313.